The summed E-state index contributed by atoms with van der Waals surface area (Å²) in [5.41, 5.74) is 1.42. The number of hydrogen-bond acceptors (Lipinski definition) is 1. The molecule has 1 aromatic rings. The van der Waals surface area contributed by atoms with Gasteiger partial charge in [-0.05, 0) is 49.3 Å². The first kappa shape index (κ1) is 27.3. The summed E-state index contributed by atoms with van der Waals surface area (Å²) in [7, 11) is 0. The highest BCUT2D eigenvalue weighted by Crippen LogP contribution is 2.18. The van der Waals surface area contributed by atoms with Crippen molar-refractivity contribution in [2.75, 3.05) is 12.5 Å². The van der Waals surface area contributed by atoms with Crippen LogP contribution in [0.3, 0.4) is 0 Å². The molecule has 174 valence electrons. The average Bonchev–Trinajstić information content (AvgIpc) is 2.76. The second kappa shape index (κ2) is 20.2. The van der Waals surface area contributed by atoms with E-state index in [2.05, 4.69) is 38.1 Å². The molecule has 1 rings (SSSR count). The highest BCUT2D eigenvalue weighted by Gasteiger charge is 2.04. The maximum absolute atomic E-state index is 6.03. The Morgan fingerprint density at radius 3 is 1.97 bits per heavy atom. The van der Waals surface area contributed by atoms with Gasteiger partial charge in [-0.15, -0.1) is 11.6 Å². The van der Waals surface area contributed by atoms with E-state index in [0.29, 0.717) is 5.92 Å². The van der Waals surface area contributed by atoms with Crippen LogP contribution in [0.2, 0.25) is 0 Å². The Labute approximate surface area is 193 Å². The second-order valence-corrected chi connectivity index (χ2v) is 9.62. The summed E-state index contributed by atoms with van der Waals surface area (Å²) >= 11 is 5.76. The number of rotatable bonds is 21. The molecule has 2 heteroatoms. The van der Waals surface area contributed by atoms with Crippen molar-refractivity contribution in [3.05, 3.63) is 29.8 Å². The fourth-order valence-corrected chi connectivity index (χ4v) is 4.24. The van der Waals surface area contributed by atoms with Crippen molar-refractivity contribution in [2.45, 2.75) is 123 Å². The number of benzene rings is 1. The van der Waals surface area contributed by atoms with E-state index in [0.717, 1.165) is 24.7 Å². The first-order valence-electron chi connectivity index (χ1n) is 13.0. The zero-order chi connectivity index (χ0) is 21.7. The number of hydrogen-bond donors (Lipinski definition) is 0. The topological polar surface area (TPSA) is 9.23 Å². The molecular formula is C28H49ClO. The first-order chi connectivity index (χ1) is 14.8. The lowest BCUT2D eigenvalue weighted by atomic mass is 10.0. The molecule has 0 saturated carbocycles. The standard InChI is InChI=1S/C28H49ClO/c1-3-4-5-6-7-8-9-10-11-12-13-14-15-20-27-21-18-22-28(24-27)30-25-26(2)19-16-17-23-29/h18,21-22,24,26H,3-17,19-20,23,25H2,1-2H3. The van der Waals surface area contributed by atoms with Crippen LogP contribution in [0, 0.1) is 5.92 Å². The Hall–Kier alpha value is -0.690. The van der Waals surface area contributed by atoms with E-state index in [1.807, 2.05) is 0 Å². The van der Waals surface area contributed by atoms with Crippen molar-refractivity contribution < 1.29 is 4.74 Å². The van der Waals surface area contributed by atoms with Crippen LogP contribution in [-0.2, 0) is 6.42 Å². The number of halogens is 1. The van der Waals surface area contributed by atoms with Crippen LogP contribution < -0.4 is 4.74 Å². The van der Waals surface area contributed by atoms with Crippen LogP contribution in [0.15, 0.2) is 24.3 Å². The number of ether oxygens (including phenoxy) is 1. The van der Waals surface area contributed by atoms with Gasteiger partial charge in [0.05, 0.1) is 6.61 Å². The Balaban J connectivity index is 2.00. The van der Waals surface area contributed by atoms with E-state index in [4.69, 9.17) is 16.3 Å². The molecule has 0 N–H and O–H groups in total. The largest absolute Gasteiger partial charge is 0.493 e. The lowest BCUT2D eigenvalue weighted by Gasteiger charge is -2.13. The molecule has 0 aliphatic heterocycles. The van der Waals surface area contributed by atoms with Crippen LogP contribution in [0.4, 0.5) is 0 Å². The molecular weight excluding hydrogens is 388 g/mol. The lowest BCUT2D eigenvalue weighted by molar-refractivity contribution is 0.249. The van der Waals surface area contributed by atoms with Crippen molar-refractivity contribution >= 4 is 11.6 Å². The van der Waals surface area contributed by atoms with Crippen molar-refractivity contribution in [1.29, 1.82) is 0 Å². The summed E-state index contributed by atoms with van der Waals surface area (Å²) in [6.07, 6.45) is 23.1. The Kier molecular flexibility index (Phi) is 18.4. The van der Waals surface area contributed by atoms with Crippen molar-refractivity contribution in [2.24, 2.45) is 5.92 Å². The van der Waals surface area contributed by atoms with E-state index >= 15 is 0 Å². The molecule has 0 amide bonds. The smallest absolute Gasteiger partial charge is 0.119 e. The third-order valence-electron chi connectivity index (χ3n) is 6.08. The van der Waals surface area contributed by atoms with Crippen molar-refractivity contribution in [3.63, 3.8) is 0 Å². The third-order valence-corrected chi connectivity index (χ3v) is 6.35. The quantitative estimate of drug-likeness (QED) is 0.137. The molecule has 0 bridgehead atoms. The predicted octanol–water partition coefficient (Wildman–Crippen LogP) is 9.74. The molecule has 1 atom stereocenters. The van der Waals surface area contributed by atoms with E-state index in [-0.39, 0.29) is 0 Å². The van der Waals surface area contributed by atoms with Gasteiger partial charge in [0.15, 0.2) is 0 Å². The molecule has 30 heavy (non-hydrogen) atoms. The number of unbranched alkanes of at least 4 members (excludes halogenated alkanes) is 13. The van der Waals surface area contributed by atoms with Gasteiger partial charge in [0.1, 0.15) is 5.75 Å². The van der Waals surface area contributed by atoms with Gasteiger partial charge in [0, 0.05) is 5.88 Å². The molecule has 0 spiro atoms. The number of alkyl halides is 1. The summed E-state index contributed by atoms with van der Waals surface area (Å²) in [6.45, 7) is 5.37. The minimum absolute atomic E-state index is 0.595. The minimum Gasteiger partial charge on any atom is -0.493 e. The maximum Gasteiger partial charge on any atom is 0.119 e. The van der Waals surface area contributed by atoms with Gasteiger partial charge < -0.3 is 4.74 Å². The van der Waals surface area contributed by atoms with E-state index in [9.17, 15) is 0 Å². The summed E-state index contributed by atoms with van der Waals surface area (Å²) in [5.74, 6) is 2.40. The summed E-state index contributed by atoms with van der Waals surface area (Å²) in [4.78, 5) is 0. The molecule has 0 aliphatic carbocycles. The Morgan fingerprint density at radius 2 is 1.37 bits per heavy atom. The van der Waals surface area contributed by atoms with Gasteiger partial charge >= 0.3 is 0 Å². The SMILES string of the molecule is CCCCCCCCCCCCCCCc1cccc(OCC(C)CCCCCl)c1. The van der Waals surface area contributed by atoms with E-state index in [1.165, 1.54) is 108 Å². The number of aryl methyl sites for hydroxylation is 1. The van der Waals surface area contributed by atoms with Gasteiger partial charge in [-0.25, -0.2) is 0 Å². The molecule has 0 saturated heterocycles. The van der Waals surface area contributed by atoms with Crippen molar-refractivity contribution in [1.82, 2.24) is 0 Å². The average molecular weight is 437 g/mol. The molecule has 0 aliphatic rings. The monoisotopic (exact) mass is 436 g/mol. The molecule has 0 fully saturated rings. The van der Waals surface area contributed by atoms with Gasteiger partial charge in [-0.1, -0.05) is 109 Å². The molecule has 0 radical (unpaired) electrons. The molecule has 0 heterocycles. The first-order valence-corrected chi connectivity index (χ1v) is 13.6. The Morgan fingerprint density at radius 1 is 0.767 bits per heavy atom. The van der Waals surface area contributed by atoms with E-state index in [1.54, 1.807) is 0 Å². The summed E-state index contributed by atoms with van der Waals surface area (Å²) in [5, 5.41) is 0. The lowest BCUT2D eigenvalue weighted by Crippen LogP contribution is -2.08. The van der Waals surface area contributed by atoms with Gasteiger partial charge in [0.25, 0.3) is 0 Å². The maximum atomic E-state index is 6.03. The highest BCUT2D eigenvalue weighted by molar-refractivity contribution is 6.17. The molecule has 1 aromatic carbocycles. The molecule has 1 unspecified atom stereocenters. The van der Waals surface area contributed by atoms with Crippen molar-refractivity contribution in [3.8, 4) is 5.75 Å². The highest BCUT2D eigenvalue weighted by atomic mass is 35.5. The fraction of sp³-hybridized carbons (Fsp3) is 0.786. The molecule has 0 aromatic heterocycles. The molecule has 1 nitrogen and oxygen atoms in total. The minimum atomic E-state index is 0.595. The second-order valence-electron chi connectivity index (χ2n) is 9.24. The van der Waals surface area contributed by atoms with Crippen LogP contribution in [0.5, 0.6) is 5.75 Å². The zero-order valence-electron chi connectivity index (χ0n) is 20.1. The van der Waals surface area contributed by atoms with Crippen LogP contribution in [0.25, 0.3) is 0 Å². The van der Waals surface area contributed by atoms with Crippen LogP contribution in [-0.4, -0.2) is 12.5 Å². The zero-order valence-corrected chi connectivity index (χ0v) is 20.9. The third kappa shape index (κ3) is 16.1. The van der Waals surface area contributed by atoms with Gasteiger partial charge in [-0.2, -0.15) is 0 Å². The normalized spacial score (nSPS) is 12.2. The van der Waals surface area contributed by atoms with Crippen LogP contribution >= 0.6 is 11.6 Å². The Bertz CT molecular complexity index is 487. The summed E-state index contributed by atoms with van der Waals surface area (Å²) < 4.78 is 6.03. The summed E-state index contributed by atoms with van der Waals surface area (Å²) in [6, 6.07) is 8.73. The van der Waals surface area contributed by atoms with Gasteiger partial charge in [0.2, 0.25) is 0 Å². The fourth-order valence-electron chi connectivity index (χ4n) is 4.05. The van der Waals surface area contributed by atoms with Gasteiger partial charge in [-0.3, -0.25) is 0 Å². The van der Waals surface area contributed by atoms with E-state index < -0.39 is 0 Å². The van der Waals surface area contributed by atoms with Crippen LogP contribution in [0.1, 0.15) is 122 Å². The predicted molar refractivity (Wildman–Crippen MR) is 135 cm³/mol.